The highest BCUT2D eigenvalue weighted by atomic mass is 16.7. The molecule has 0 aliphatic carbocycles. The standard InChI is InChI=1S/C9H18O3/c1-3-4-9(8(2)7-10)11-5-6-12-9/h8,10H,3-7H2,1-2H3. The van der Waals surface area contributed by atoms with Gasteiger partial charge in [0.05, 0.1) is 19.8 Å². The Hall–Kier alpha value is -0.120. The number of hydrogen-bond donors (Lipinski definition) is 1. The van der Waals surface area contributed by atoms with E-state index in [9.17, 15) is 0 Å². The van der Waals surface area contributed by atoms with Crippen LogP contribution in [-0.4, -0.2) is 30.7 Å². The molecule has 1 unspecified atom stereocenters. The van der Waals surface area contributed by atoms with Crippen molar-refractivity contribution in [2.24, 2.45) is 5.92 Å². The maximum atomic E-state index is 9.03. The molecular formula is C9H18O3. The molecule has 72 valence electrons. The molecule has 1 fully saturated rings. The second kappa shape index (κ2) is 4.21. The Balaban J connectivity index is 2.57. The molecule has 0 aromatic rings. The smallest absolute Gasteiger partial charge is 0.173 e. The van der Waals surface area contributed by atoms with Crippen molar-refractivity contribution in [3.05, 3.63) is 0 Å². The van der Waals surface area contributed by atoms with E-state index in [1.807, 2.05) is 6.92 Å². The summed E-state index contributed by atoms with van der Waals surface area (Å²) in [5, 5.41) is 9.03. The fraction of sp³-hybridized carbons (Fsp3) is 1.00. The van der Waals surface area contributed by atoms with E-state index >= 15 is 0 Å². The number of aliphatic hydroxyl groups is 1. The van der Waals surface area contributed by atoms with E-state index in [-0.39, 0.29) is 12.5 Å². The highest BCUT2D eigenvalue weighted by Crippen LogP contribution is 2.32. The lowest BCUT2D eigenvalue weighted by Crippen LogP contribution is -2.39. The van der Waals surface area contributed by atoms with Crippen molar-refractivity contribution in [3.63, 3.8) is 0 Å². The molecule has 1 aliphatic rings. The number of rotatable bonds is 4. The zero-order valence-electron chi connectivity index (χ0n) is 7.88. The molecule has 0 radical (unpaired) electrons. The Bertz CT molecular complexity index is 130. The van der Waals surface area contributed by atoms with Crippen LogP contribution in [0.5, 0.6) is 0 Å². The molecule has 1 heterocycles. The molecule has 12 heavy (non-hydrogen) atoms. The maximum Gasteiger partial charge on any atom is 0.173 e. The molecular weight excluding hydrogens is 156 g/mol. The molecule has 0 amide bonds. The number of aliphatic hydroxyl groups excluding tert-OH is 1. The molecule has 1 rings (SSSR count). The van der Waals surface area contributed by atoms with E-state index in [1.54, 1.807) is 0 Å². The molecule has 0 aromatic carbocycles. The molecule has 0 saturated carbocycles. The summed E-state index contributed by atoms with van der Waals surface area (Å²) in [5.41, 5.74) is 0. The van der Waals surface area contributed by atoms with Crippen LogP contribution in [0.2, 0.25) is 0 Å². The van der Waals surface area contributed by atoms with Gasteiger partial charge in [-0.2, -0.15) is 0 Å². The highest BCUT2D eigenvalue weighted by molar-refractivity contribution is 4.79. The third-order valence-electron chi connectivity index (χ3n) is 2.40. The van der Waals surface area contributed by atoms with Crippen LogP contribution in [0, 0.1) is 5.92 Å². The zero-order valence-corrected chi connectivity index (χ0v) is 7.88. The normalized spacial score (nSPS) is 24.2. The van der Waals surface area contributed by atoms with Gasteiger partial charge in [-0.15, -0.1) is 0 Å². The van der Waals surface area contributed by atoms with E-state index < -0.39 is 5.79 Å². The van der Waals surface area contributed by atoms with Crippen LogP contribution in [0.25, 0.3) is 0 Å². The third kappa shape index (κ3) is 1.79. The quantitative estimate of drug-likeness (QED) is 0.695. The lowest BCUT2D eigenvalue weighted by Gasteiger charge is -2.32. The summed E-state index contributed by atoms with van der Waals surface area (Å²) in [7, 11) is 0. The molecule has 0 aromatic heterocycles. The Labute approximate surface area is 73.7 Å². The Kier molecular flexibility index (Phi) is 3.50. The van der Waals surface area contributed by atoms with Crippen molar-refractivity contribution in [3.8, 4) is 0 Å². The van der Waals surface area contributed by atoms with Crippen LogP contribution in [0.3, 0.4) is 0 Å². The van der Waals surface area contributed by atoms with Crippen molar-refractivity contribution >= 4 is 0 Å². The van der Waals surface area contributed by atoms with Gasteiger partial charge in [0.2, 0.25) is 0 Å². The minimum absolute atomic E-state index is 0.0694. The minimum atomic E-state index is -0.497. The van der Waals surface area contributed by atoms with Crippen molar-refractivity contribution < 1.29 is 14.6 Å². The Morgan fingerprint density at radius 1 is 1.42 bits per heavy atom. The predicted molar refractivity (Wildman–Crippen MR) is 45.8 cm³/mol. The van der Waals surface area contributed by atoms with Crippen LogP contribution in [0.15, 0.2) is 0 Å². The van der Waals surface area contributed by atoms with E-state index in [1.165, 1.54) is 0 Å². The van der Waals surface area contributed by atoms with E-state index in [0.717, 1.165) is 12.8 Å². The van der Waals surface area contributed by atoms with E-state index in [4.69, 9.17) is 14.6 Å². The van der Waals surface area contributed by atoms with Crippen LogP contribution in [0.4, 0.5) is 0 Å². The van der Waals surface area contributed by atoms with Gasteiger partial charge < -0.3 is 14.6 Å². The summed E-state index contributed by atoms with van der Waals surface area (Å²) in [6.07, 6.45) is 1.89. The van der Waals surface area contributed by atoms with Crippen LogP contribution < -0.4 is 0 Å². The van der Waals surface area contributed by atoms with Crippen molar-refractivity contribution in [2.45, 2.75) is 32.5 Å². The summed E-state index contributed by atoms with van der Waals surface area (Å²) in [4.78, 5) is 0. The second-order valence-corrected chi connectivity index (χ2v) is 3.34. The predicted octanol–water partition coefficient (Wildman–Crippen LogP) is 1.16. The van der Waals surface area contributed by atoms with Gasteiger partial charge >= 0.3 is 0 Å². The first-order chi connectivity index (χ1) is 5.75. The minimum Gasteiger partial charge on any atom is -0.396 e. The fourth-order valence-electron chi connectivity index (χ4n) is 1.63. The molecule has 1 saturated heterocycles. The average Bonchev–Trinajstić information content (AvgIpc) is 2.53. The van der Waals surface area contributed by atoms with Gasteiger partial charge in [-0.25, -0.2) is 0 Å². The van der Waals surface area contributed by atoms with Crippen molar-refractivity contribution in [1.82, 2.24) is 0 Å². The molecule has 3 heteroatoms. The summed E-state index contributed by atoms with van der Waals surface area (Å²) in [5.74, 6) is -0.427. The topological polar surface area (TPSA) is 38.7 Å². The molecule has 1 N–H and O–H groups in total. The van der Waals surface area contributed by atoms with Gasteiger partial charge in [-0.1, -0.05) is 20.3 Å². The van der Waals surface area contributed by atoms with Crippen molar-refractivity contribution in [2.75, 3.05) is 19.8 Å². The van der Waals surface area contributed by atoms with Gasteiger partial charge in [-0.05, 0) is 0 Å². The summed E-state index contributed by atoms with van der Waals surface area (Å²) < 4.78 is 11.1. The van der Waals surface area contributed by atoms with Gasteiger partial charge in [0.1, 0.15) is 0 Å². The largest absolute Gasteiger partial charge is 0.396 e. The monoisotopic (exact) mass is 174 g/mol. The fourth-order valence-corrected chi connectivity index (χ4v) is 1.63. The third-order valence-corrected chi connectivity index (χ3v) is 2.40. The van der Waals surface area contributed by atoms with Crippen LogP contribution in [0.1, 0.15) is 26.7 Å². The highest BCUT2D eigenvalue weighted by Gasteiger charge is 2.40. The van der Waals surface area contributed by atoms with E-state index in [2.05, 4.69) is 6.92 Å². The molecule has 3 nitrogen and oxygen atoms in total. The second-order valence-electron chi connectivity index (χ2n) is 3.34. The summed E-state index contributed by atoms with van der Waals surface area (Å²) in [6.45, 7) is 5.49. The summed E-state index contributed by atoms with van der Waals surface area (Å²) >= 11 is 0. The molecule has 1 aliphatic heterocycles. The Morgan fingerprint density at radius 2 is 2.00 bits per heavy atom. The molecule has 1 atom stereocenters. The van der Waals surface area contributed by atoms with Gasteiger partial charge in [0.15, 0.2) is 5.79 Å². The van der Waals surface area contributed by atoms with Gasteiger partial charge in [0, 0.05) is 12.3 Å². The first-order valence-electron chi connectivity index (χ1n) is 4.64. The van der Waals surface area contributed by atoms with Gasteiger partial charge in [0.25, 0.3) is 0 Å². The first-order valence-corrected chi connectivity index (χ1v) is 4.64. The maximum absolute atomic E-state index is 9.03. The number of ether oxygens (including phenoxy) is 2. The zero-order chi connectivity index (χ0) is 9.03. The average molecular weight is 174 g/mol. The van der Waals surface area contributed by atoms with Crippen molar-refractivity contribution in [1.29, 1.82) is 0 Å². The van der Waals surface area contributed by atoms with Crippen LogP contribution >= 0.6 is 0 Å². The Morgan fingerprint density at radius 3 is 2.42 bits per heavy atom. The number of hydrogen-bond acceptors (Lipinski definition) is 3. The van der Waals surface area contributed by atoms with Crippen LogP contribution in [-0.2, 0) is 9.47 Å². The molecule has 0 spiro atoms. The van der Waals surface area contributed by atoms with E-state index in [0.29, 0.717) is 13.2 Å². The first kappa shape index (κ1) is 9.96. The van der Waals surface area contributed by atoms with Gasteiger partial charge in [-0.3, -0.25) is 0 Å². The SMILES string of the molecule is CCCC1(C(C)CO)OCCO1. The summed E-state index contributed by atoms with van der Waals surface area (Å²) in [6, 6.07) is 0. The molecule has 0 bridgehead atoms. The lowest BCUT2D eigenvalue weighted by molar-refractivity contribution is -0.203. The lowest BCUT2D eigenvalue weighted by atomic mass is 9.97.